The lowest BCUT2D eigenvalue weighted by Gasteiger charge is -2.42. The van der Waals surface area contributed by atoms with Gasteiger partial charge in [0.25, 0.3) is 5.56 Å². The van der Waals surface area contributed by atoms with E-state index < -0.39 is 85.5 Å². The second-order valence-electron chi connectivity index (χ2n) is 11.3. The first-order chi connectivity index (χ1) is 22.8. The van der Waals surface area contributed by atoms with E-state index in [1.807, 2.05) is 0 Å². The second-order valence-corrected chi connectivity index (χ2v) is 14.6. The van der Waals surface area contributed by atoms with Gasteiger partial charge >= 0.3 is 12.4 Å². The number of aromatic nitrogens is 2. The van der Waals surface area contributed by atoms with Crippen molar-refractivity contribution < 1.29 is 53.0 Å². The maximum atomic E-state index is 12.6. The Bertz CT molecular complexity index is 1360. The van der Waals surface area contributed by atoms with E-state index in [-0.39, 0.29) is 13.2 Å². The number of unbranched alkanes of at least 4 members (excludes halogenated alkanes) is 1. The Labute approximate surface area is 287 Å². The summed E-state index contributed by atoms with van der Waals surface area (Å²) in [5.74, 6) is -0.923. The molecule has 2 unspecified atom stereocenters. The number of hydrogen-bond donors (Lipinski definition) is 8. The highest BCUT2D eigenvalue weighted by Gasteiger charge is 2.48. The number of carbonyl (C=O) groups excluding carboxylic acids is 1. The average molecular weight is 744 g/mol. The van der Waals surface area contributed by atoms with Gasteiger partial charge in [0.2, 0.25) is 5.91 Å². The van der Waals surface area contributed by atoms with Crippen molar-refractivity contribution in [1.82, 2.24) is 25.5 Å². The van der Waals surface area contributed by atoms with Crippen molar-refractivity contribution in [1.29, 1.82) is 0 Å². The van der Waals surface area contributed by atoms with Crippen molar-refractivity contribution in [3.05, 3.63) is 33.1 Å². The zero-order chi connectivity index (χ0) is 35.4. The van der Waals surface area contributed by atoms with Crippen LogP contribution in [-0.2, 0) is 44.6 Å². The number of hydrogen-bond acceptors (Lipinski definition) is 14. The van der Waals surface area contributed by atoms with Crippen LogP contribution in [-0.4, -0.2) is 131 Å². The minimum atomic E-state index is -3.62. The molecular formula is C27H46N5O13PS2. The number of carbonyl (C=O) groups is 1. The third kappa shape index (κ3) is 11.6. The van der Waals surface area contributed by atoms with Crippen molar-refractivity contribution in [2.24, 2.45) is 5.92 Å². The van der Waals surface area contributed by atoms with Crippen LogP contribution in [0.15, 0.2) is 21.9 Å². The maximum absolute atomic E-state index is 12.6. The first-order valence-corrected chi connectivity index (χ1v) is 18.4. The van der Waals surface area contributed by atoms with E-state index in [0.29, 0.717) is 43.9 Å². The van der Waals surface area contributed by atoms with E-state index in [9.17, 15) is 34.6 Å². The molecule has 2 saturated heterocycles. The van der Waals surface area contributed by atoms with Crippen molar-refractivity contribution in [3.63, 3.8) is 0 Å². The molecule has 21 heteroatoms. The summed E-state index contributed by atoms with van der Waals surface area (Å²) in [7, 11) is 2.72. The Balaban J connectivity index is 1.47. The molecule has 274 valence electrons. The van der Waals surface area contributed by atoms with Gasteiger partial charge in [0.15, 0.2) is 11.4 Å². The molecule has 0 saturated carbocycles. The molecule has 2 aliphatic rings. The van der Waals surface area contributed by atoms with Crippen molar-refractivity contribution in [2.75, 3.05) is 47.1 Å². The van der Waals surface area contributed by atoms with Gasteiger partial charge in [-0.2, -0.15) is 0 Å². The number of rotatable bonds is 18. The van der Waals surface area contributed by atoms with Crippen LogP contribution in [0.2, 0.25) is 0 Å². The Morgan fingerprint density at radius 2 is 1.81 bits per heavy atom. The number of aliphatic hydroxyl groups is 3. The number of amides is 1. The average Bonchev–Trinajstić information content (AvgIpc) is 3.35. The summed E-state index contributed by atoms with van der Waals surface area (Å²) >= 11 is 10.5. The fourth-order valence-corrected chi connectivity index (χ4v) is 6.67. The smallest absolute Gasteiger partial charge is 0.330 e. The molecule has 0 aromatic carbocycles. The maximum Gasteiger partial charge on any atom is 0.330 e. The Hall–Kier alpha value is -1.91. The van der Waals surface area contributed by atoms with Gasteiger partial charge in [-0.1, -0.05) is 0 Å². The number of H-pyrrole nitrogens is 1. The number of thiocarbonyl (C=S) groups is 1. The molecule has 0 spiro atoms. The SMILES string of the molecule is COC[C@H]1O[C@@H](n2ccc(=O)[nH]c2=O)C(CCCNC(=S)NCCCCO[C@@H]2O[C@H](CO)[C@H](O)[C@H](O)[C@H]2NC(C)=O)[C@H]1OP(O)(=S)OC. The summed E-state index contributed by atoms with van der Waals surface area (Å²) < 4.78 is 34.8. The Morgan fingerprint density at radius 1 is 1.10 bits per heavy atom. The van der Waals surface area contributed by atoms with Crippen LogP contribution in [0.25, 0.3) is 0 Å². The summed E-state index contributed by atoms with van der Waals surface area (Å²) in [5.41, 5.74) is -1.22. The number of ether oxygens (including phenoxy) is 4. The highest BCUT2D eigenvalue weighted by Crippen LogP contribution is 2.50. The van der Waals surface area contributed by atoms with E-state index in [0.717, 1.165) is 0 Å². The molecule has 1 aromatic heterocycles. The zero-order valence-corrected chi connectivity index (χ0v) is 29.4. The van der Waals surface area contributed by atoms with Crippen molar-refractivity contribution in [3.8, 4) is 0 Å². The van der Waals surface area contributed by atoms with E-state index in [2.05, 4.69) is 20.9 Å². The summed E-state index contributed by atoms with van der Waals surface area (Å²) in [6.45, 7) is -1.62. The van der Waals surface area contributed by atoms with E-state index in [4.69, 9.17) is 52.0 Å². The molecule has 3 rings (SSSR count). The third-order valence-corrected chi connectivity index (χ3v) is 9.77. The molecule has 1 aromatic rings. The van der Waals surface area contributed by atoms with Crippen LogP contribution >= 0.6 is 18.9 Å². The summed E-state index contributed by atoms with van der Waals surface area (Å²) in [4.78, 5) is 48.5. The third-order valence-electron chi connectivity index (χ3n) is 7.80. The number of nitrogens with one attached hydrogen (secondary N) is 4. The van der Waals surface area contributed by atoms with Gasteiger partial charge in [0, 0.05) is 59.0 Å². The number of aliphatic hydroxyl groups excluding tert-OH is 3. The first-order valence-electron chi connectivity index (χ1n) is 15.4. The predicted octanol–water partition coefficient (Wildman–Crippen LogP) is -2.07. The van der Waals surface area contributed by atoms with Gasteiger partial charge in [-0.05, 0) is 49.7 Å². The van der Waals surface area contributed by atoms with Gasteiger partial charge in [-0.3, -0.25) is 19.1 Å². The van der Waals surface area contributed by atoms with Gasteiger partial charge in [0.05, 0.1) is 13.2 Å². The molecule has 2 fully saturated rings. The number of nitrogens with zero attached hydrogens (tertiary/aromatic N) is 1. The highest BCUT2D eigenvalue weighted by molar-refractivity contribution is 8.07. The lowest BCUT2D eigenvalue weighted by Crippen LogP contribution is -2.64. The topological polar surface area (TPSA) is 244 Å². The van der Waals surface area contributed by atoms with Gasteiger partial charge < -0.3 is 64.2 Å². The summed E-state index contributed by atoms with van der Waals surface area (Å²) in [5, 5.41) is 39.1. The van der Waals surface area contributed by atoms with Crippen molar-refractivity contribution in [2.45, 2.75) is 81.7 Å². The lowest BCUT2D eigenvalue weighted by atomic mass is 9.94. The molecule has 18 nitrogen and oxygen atoms in total. The summed E-state index contributed by atoms with van der Waals surface area (Å²) in [6, 6.07) is 0.204. The fraction of sp³-hybridized carbons (Fsp3) is 0.778. The molecule has 0 radical (unpaired) electrons. The highest BCUT2D eigenvalue weighted by atomic mass is 32.5. The largest absolute Gasteiger partial charge is 0.394 e. The van der Waals surface area contributed by atoms with E-state index in [1.54, 1.807) is 0 Å². The molecule has 48 heavy (non-hydrogen) atoms. The van der Waals surface area contributed by atoms with Gasteiger partial charge in [-0.15, -0.1) is 0 Å². The lowest BCUT2D eigenvalue weighted by molar-refractivity contribution is -0.270. The van der Waals surface area contributed by atoms with Crippen LogP contribution < -0.4 is 27.2 Å². The Morgan fingerprint density at radius 3 is 2.44 bits per heavy atom. The van der Waals surface area contributed by atoms with Gasteiger partial charge in [-0.25, -0.2) is 4.79 Å². The van der Waals surface area contributed by atoms with E-state index in [1.165, 1.54) is 38.0 Å². The van der Waals surface area contributed by atoms with Crippen LogP contribution in [0.1, 0.15) is 38.8 Å². The molecule has 10 atom stereocenters. The van der Waals surface area contributed by atoms with Crippen LogP contribution in [0.3, 0.4) is 0 Å². The predicted molar refractivity (Wildman–Crippen MR) is 177 cm³/mol. The van der Waals surface area contributed by atoms with Crippen molar-refractivity contribution >= 4 is 41.8 Å². The number of methoxy groups -OCH3 is 1. The monoisotopic (exact) mass is 743 g/mol. The standard InChI is InChI=1S/C27H46N5O13PS2/c1-15(34)30-20-22(37)21(36)17(13-33)44-25(20)42-12-5-4-9-28-26(47)29-10-6-7-16-23(45-46(39,48)41-3)18(14-40-2)43-24(16)32-11-8-19(35)31-27(32)38/h8,11,16-18,20-25,33,36-37H,4-7,9-10,12-14H2,1-3H3,(H,30,34)(H,39,48)(H2,28,29,47)(H,31,35,38)/t16?,17-,18-,20-,21+,22-,23-,24-,25-,46?/m1/s1. The molecule has 3 heterocycles. The molecular weight excluding hydrogens is 697 g/mol. The van der Waals surface area contributed by atoms with Gasteiger partial charge in [0.1, 0.15) is 42.8 Å². The van der Waals surface area contributed by atoms with Crippen LogP contribution in [0.4, 0.5) is 0 Å². The fourth-order valence-electron chi connectivity index (χ4n) is 5.49. The van der Waals surface area contributed by atoms with Crippen LogP contribution in [0.5, 0.6) is 0 Å². The quantitative estimate of drug-likeness (QED) is 0.0457. The second kappa shape index (κ2) is 19.5. The Kier molecular flexibility index (Phi) is 16.4. The van der Waals surface area contributed by atoms with Crippen LogP contribution in [0, 0.1) is 5.92 Å². The molecule has 2 aliphatic heterocycles. The molecule has 0 bridgehead atoms. The van der Waals surface area contributed by atoms with E-state index >= 15 is 0 Å². The molecule has 0 aliphatic carbocycles. The first kappa shape index (κ1) is 40.5. The normalized spacial score (nSPS) is 30.0. The molecule has 1 amide bonds. The molecule has 8 N–H and O–H groups in total. The summed E-state index contributed by atoms with van der Waals surface area (Å²) in [6.07, 6.45) is -3.66. The minimum absolute atomic E-state index is 0.0872. The zero-order valence-electron chi connectivity index (χ0n) is 26.9. The minimum Gasteiger partial charge on any atom is -0.394 e. The number of aromatic amines is 1.